The van der Waals surface area contributed by atoms with Gasteiger partial charge in [-0.2, -0.15) is 0 Å². The molecule has 1 saturated carbocycles. The van der Waals surface area contributed by atoms with Crippen molar-refractivity contribution < 1.29 is 9.53 Å². The molecule has 1 aliphatic carbocycles. The van der Waals surface area contributed by atoms with Gasteiger partial charge in [-0.3, -0.25) is 0 Å². The van der Waals surface area contributed by atoms with E-state index < -0.39 is 5.54 Å². The van der Waals surface area contributed by atoms with Gasteiger partial charge in [0.05, 0.1) is 11.0 Å². The lowest BCUT2D eigenvalue weighted by Crippen LogP contribution is -2.46. The summed E-state index contributed by atoms with van der Waals surface area (Å²) in [6.07, 6.45) is 4.84. The predicted octanol–water partition coefficient (Wildman–Crippen LogP) is 6.06. The molecule has 4 aromatic rings. The highest BCUT2D eigenvalue weighted by Gasteiger charge is 2.44. The minimum atomic E-state index is -0.670. The maximum Gasteiger partial charge on any atom is 0.337 e. The lowest BCUT2D eigenvalue weighted by molar-refractivity contribution is -0.146. The van der Waals surface area contributed by atoms with Crippen molar-refractivity contribution in [3.05, 3.63) is 78.9 Å². The third kappa shape index (κ3) is 2.62. The van der Waals surface area contributed by atoms with Gasteiger partial charge in [-0.25, -0.2) is 4.79 Å². The summed E-state index contributed by atoms with van der Waals surface area (Å²) in [5.74, 6) is 0.461. The number of fused-ring (bicyclic) bond motifs is 3. The van der Waals surface area contributed by atoms with Crippen molar-refractivity contribution >= 4 is 27.8 Å². The van der Waals surface area contributed by atoms with E-state index in [-0.39, 0.29) is 5.97 Å². The molecule has 0 atom stereocenters. The lowest BCUT2D eigenvalue weighted by atomic mass is 9.81. The van der Waals surface area contributed by atoms with Gasteiger partial charge in [-0.1, -0.05) is 73.9 Å². The first kappa shape index (κ1) is 17.1. The largest absolute Gasteiger partial charge is 0.425 e. The third-order valence-electron chi connectivity index (χ3n) is 6.02. The number of esters is 1. The highest BCUT2D eigenvalue weighted by molar-refractivity contribution is 6.09. The van der Waals surface area contributed by atoms with Gasteiger partial charge in [0.1, 0.15) is 11.3 Å². The van der Waals surface area contributed by atoms with Crippen LogP contribution in [0.1, 0.15) is 32.1 Å². The van der Waals surface area contributed by atoms with E-state index in [1.807, 2.05) is 30.3 Å². The predicted molar refractivity (Wildman–Crippen MR) is 113 cm³/mol. The SMILES string of the molecule is O=C(Oc1ccccc1)C1(n2c3ccccc3c3ccccc32)CCCCC1. The lowest BCUT2D eigenvalue weighted by Gasteiger charge is -2.37. The van der Waals surface area contributed by atoms with Crippen molar-refractivity contribution in [3.63, 3.8) is 0 Å². The Labute approximate surface area is 164 Å². The van der Waals surface area contributed by atoms with Crippen LogP contribution in [0.2, 0.25) is 0 Å². The molecule has 0 N–H and O–H groups in total. The van der Waals surface area contributed by atoms with Gasteiger partial charge >= 0.3 is 5.97 Å². The summed E-state index contributed by atoms with van der Waals surface area (Å²) >= 11 is 0. The Morgan fingerprint density at radius 2 is 1.25 bits per heavy atom. The fourth-order valence-corrected chi connectivity index (χ4v) is 4.73. The van der Waals surface area contributed by atoms with Crippen LogP contribution in [-0.2, 0) is 10.3 Å². The average molecular weight is 369 g/mol. The van der Waals surface area contributed by atoms with Gasteiger partial charge in [0.15, 0.2) is 0 Å². The van der Waals surface area contributed by atoms with Gasteiger partial charge in [-0.15, -0.1) is 0 Å². The molecule has 1 aliphatic rings. The third-order valence-corrected chi connectivity index (χ3v) is 6.02. The minimum Gasteiger partial charge on any atom is -0.425 e. The number of aromatic nitrogens is 1. The van der Waals surface area contributed by atoms with E-state index in [1.165, 1.54) is 10.8 Å². The summed E-state index contributed by atoms with van der Waals surface area (Å²) in [4.78, 5) is 13.6. The number of benzene rings is 3. The second-order valence-corrected chi connectivity index (χ2v) is 7.66. The molecule has 0 bridgehead atoms. The summed E-state index contributed by atoms with van der Waals surface area (Å²) in [7, 11) is 0. The molecule has 0 spiro atoms. The van der Waals surface area contributed by atoms with Gasteiger partial charge in [-0.05, 0) is 37.1 Å². The standard InChI is InChI=1S/C25H23NO2/c27-24(28-19-11-3-1-4-12-19)25(17-9-2-10-18-25)26-22-15-7-5-13-20(22)21-14-6-8-16-23(21)26/h1,3-8,11-16H,2,9-10,17-18H2. The fourth-order valence-electron chi connectivity index (χ4n) is 4.73. The second-order valence-electron chi connectivity index (χ2n) is 7.66. The van der Waals surface area contributed by atoms with Crippen molar-refractivity contribution in [2.24, 2.45) is 0 Å². The number of ether oxygens (including phenoxy) is 1. The van der Waals surface area contributed by atoms with Crippen LogP contribution in [0.25, 0.3) is 21.8 Å². The maximum atomic E-state index is 13.6. The molecular formula is C25H23NO2. The number of hydrogen-bond acceptors (Lipinski definition) is 2. The first-order chi connectivity index (χ1) is 13.8. The van der Waals surface area contributed by atoms with Crippen molar-refractivity contribution in [3.8, 4) is 5.75 Å². The monoisotopic (exact) mass is 369 g/mol. The molecule has 0 amide bonds. The molecule has 3 heteroatoms. The number of rotatable bonds is 3. The Kier molecular flexibility index (Phi) is 4.16. The van der Waals surface area contributed by atoms with Crippen LogP contribution in [0.5, 0.6) is 5.75 Å². The zero-order valence-electron chi connectivity index (χ0n) is 15.8. The molecule has 0 saturated heterocycles. The first-order valence-electron chi connectivity index (χ1n) is 10.1. The molecule has 0 radical (unpaired) electrons. The minimum absolute atomic E-state index is 0.148. The topological polar surface area (TPSA) is 31.2 Å². The molecule has 3 aromatic carbocycles. The Balaban J connectivity index is 1.73. The van der Waals surface area contributed by atoms with Crippen LogP contribution in [-0.4, -0.2) is 10.5 Å². The Hall–Kier alpha value is -3.07. The normalized spacial score (nSPS) is 16.3. The van der Waals surface area contributed by atoms with Gasteiger partial charge < -0.3 is 9.30 Å². The van der Waals surface area contributed by atoms with Crippen LogP contribution in [0.4, 0.5) is 0 Å². The molecule has 5 rings (SSSR count). The van der Waals surface area contributed by atoms with Crippen LogP contribution >= 0.6 is 0 Å². The van der Waals surface area contributed by atoms with Gasteiger partial charge in [0.25, 0.3) is 0 Å². The smallest absolute Gasteiger partial charge is 0.337 e. The Morgan fingerprint density at radius 3 is 1.86 bits per heavy atom. The van der Waals surface area contributed by atoms with Crippen LogP contribution in [0.3, 0.4) is 0 Å². The van der Waals surface area contributed by atoms with E-state index in [0.717, 1.165) is 43.1 Å². The highest BCUT2D eigenvalue weighted by atomic mass is 16.5. The van der Waals surface area contributed by atoms with E-state index in [0.29, 0.717) is 5.75 Å². The molecular weight excluding hydrogens is 346 g/mol. The van der Waals surface area contributed by atoms with Crippen LogP contribution in [0.15, 0.2) is 78.9 Å². The van der Waals surface area contributed by atoms with Crippen LogP contribution < -0.4 is 4.74 Å². The zero-order valence-corrected chi connectivity index (χ0v) is 15.8. The molecule has 1 heterocycles. The van der Waals surface area contributed by atoms with E-state index in [4.69, 9.17) is 4.74 Å². The summed E-state index contributed by atoms with van der Waals surface area (Å²) in [5, 5.41) is 2.38. The molecule has 1 fully saturated rings. The highest BCUT2D eigenvalue weighted by Crippen LogP contribution is 2.42. The Bertz CT molecular complexity index is 1080. The van der Waals surface area contributed by atoms with Crippen molar-refractivity contribution in [2.75, 3.05) is 0 Å². The second kappa shape index (κ2) is 6.83. The van der Waals surface area contributed by atoms with Crippen LogP contribution in [0, 0.1) is 0 Å². The summed E-state index contributed by atoms with van der Waals surface area (Å²) in [5.41, 5.74) is 1.54. The van der Waals surface area contributed by atoms with Crippen molar-refractivity contribution in [2.45, 2.75) is 37.6 Å². The molecule has 140 valence electrons. The molecule has 0 unspecified atom stereocenters. The molecule has 0 aliphatic heterocycles. The van der Waals surface area contributed by atoms with E-state index in [1.54, 1.807) is 0 Å². The van der Waals surface area contributed by atoms with Gasteiger partial charge in [0.2, 0.25) is 0 Å². The quantitative estimate of drug-likeness (QED) is 0.325. The zero-order chi connectivity index (χ0) is 19.0. The first-order valence-corrected chi connectivity index (χ1v) is 10.1. The summed E-state index contributed by atoms with van der Waals surface area (Å²) in [6.45, 7) is 0. The number of carbonyl (C=O) groups excluding carboxylic acids is 1. The molecule has 28 heavy (non-hydrogen) atoms. The average Bonchev–Trinajstić information content (AvgIpc) is 3.10. The Morgan fingerprint density at radius 1 is 0.714 bits per heavy atom. The number of nitrogens with zero attached hydrogens (tertiary/aromatic N) is 1. The van der Waals surface area contributed by atoms with E-state index in [9.17, 15) is 4.79 Å². The van der Waals surface area contributed by atoms with Crippen molar-refractivity contribution in [1.82, 2.24) is 4.57 Å². The number of para-hydroxylation sites is 3. The van der Waals surface area contributed by atoms with E-state index in [2.05, 4.69) is 53.1 Å². The summed E-state index contributed by atoms with van der Waals surface area (Å²) < 4.78 is 8.19. The summed E-state index contributed by atoms with van der Waals surface area (Å²) in [6, 6.07) is 26.2. The van der Waals surface area contributed by atoms with Gasteiger partial charge in [0, 0.05) is 10.8 Å². The molecule has 3 nitrogen and oxygen atoms in total. The fraction of sp³-hybridized carbons (Fsp3) is 0.240. The van der Waals surface area contributed by atoms with Crippen molar-refractivity contribution in [1.29, 1.82) is 0 Å². The maximum absolute atomic E-state index is 13.6. The molecule has 1 aromatic heterocycles. The van der Waals surface area contributed by atoms with E-state index >= 15 is 0 Å². The number of hydrogen-bond donors (Lipinski definition) is 0. The number of carbonyl (C=O) groups is 1.